The summed E-state index contributed by atoms with van der Waals surface area (Å²) in [5.41, 5.74) is 1.78. The lowest BCUT2D eigenvalue weighted by Gasteiger charge is -2.00. The Bertz CT molecular complexity index is 798. The Morgan fingerprint density at radius 2 is 1.45 bits per heavy atom. The van der Waals surface area contributed by atoms with Crippen LogP contribution in [0.3, 0.4) is 0 Å². The minimum atomic E-state index is -0.414. The molecule has 0 aliphatic rings. The van der Waals surface area contributed by atoms with Gasteiger partial charge in [0.2, 0.25) is 0 Å². The number of rotatable bonds is 2. The molecule has 0 amide bonds. The first-order valence-electron chi connectivity index (χ1n) is 6.58. The van der Waals surface area contributed by atoms with Gasteiger partial charge in [-0.15, -0.1) is 0 Å². The maximum atomic E-state index is 11.6. The minimum Gasteiger partial charge on any atom is -0.495 e. The van der Waals surface area contributed by atoms with Crippen molar-refractivity contribution in [2.75, 3.05) is 14.2 Å². The second kappa shape index (κ2) is 7.57. The van der Waals surface area contributed by atoms with Crippen LogP contribution in [-0.2, 0) is 4.74 Å². The van der Waals surface area contributed by atoms with Gasteiger partial charge in [0.05, 0.1) is 25.3 Å². The summed E-state index contributed by atoms with van der Waals surface area (Å²) in [5.74, 6) is 11.6. The molecule has 3 nitrogen and oxygen atoms in total. The standard InChI is InChI=1S/C19H14O3/c1-21-18-14-8-6-12-16(18)11-4-3-9-15-10-5-7-13-17(15)19(20)22-2/h5-8,10,12-14H,1-2H3. The van der Waals surface area contributed by atoms with E-state index in [1.165, 1.54) is 7.11 Å². The number of ether oxygens (including phenoxy) is 2. The molecule has 0 spiro atoms. The fourth-order valence-corrected chi connectivity index (χ4v) is 1.83. The van der Waals surface area contributed by atoms with E-state index in [-0.39, 0.29) is 0 Å². The summed E-state index contributed by atoms with van der Waals surface area (Å²) in [5, 5.41) is 0. The predicted octanol–water partition coefficient (Wildman–Crippen LogP) is 2.89. The first-order chi connectivity index (χ1) is 10.8. The van der Waals surface area contributed by atoms with Crippen LogP contribution >= 0.6 is 0 Å². The van der Waals surface area contributed by atoms with Crippen molar-refractivity contribution in [3.8, 4) is 29.4 Å². The van der Waals surface area contributed by atoms with E-state index in [2.05, 4.69) is 23.7 Å². The predicted molar refractivity (Wildman–Crippen MR) is 84.5 cm³/mol. The second-order valence-corrected chi connectivity index (χ2v) is 4.24. The maximum absolute atomic E-state index is 11.6. The molecule has 0 heterocycles. The van der Waals surface area contributed by atoms with Crippen molar-refractivity contribution < 1.29 is 14.3 Å². The van der Waals surface area contributed by atoms with Crippen LogP contribution in [0.5, 0.6) is 5.75 Å². The van der Waals surface area contributed by atoms with Crippen LogP contribution in [0.25, 0.3) is 0 Å². The molecule has 0 bridgehead atoms. The number of carbonyl (C=O) groups is 1. The van der Waals surface area contributed by atoms with E-state index < -0.39 is 5.97 Å². The van der Waals surface area contributed by atoms with Crippen LogP contribution in [0.4, 0.5) is 0 Å². The Balaban J connectivity index is 2.26. The highest BCUT2D eigenvalue weighted by Crippen LogP contribution is 2.15. The van der Waals surface area contributed by atoms with Crippen molar-refractivity contribution in [2.24, 2.45) is 0 Å². The summed E-state index contributed by atoms with van der Waals surface area (Å²) >= 11 is 0. The van der Waals surface area contributed by atoms with Crippen LogP contribution in [0.15, 0.2) is 48.5 Å². The zero-order valence-electron chi connectivity index (χ0n) is 12.3. The molecular weight excluding hydrogens is 276 g/mol. The van der Waals surface area contributed by atoms with Crippen LogP contribution in [0, 0.1) is 23.7 Å². The number of methoxy groups -OCH3 is 2. The number of para-hydroxylation sites is 1. The lowest BCUT2D eigenvalue weighted by Crippen LogP contribution is -2.03. The van der Waals surface area contributed by atoms with Gasteiger partial charge in [0, 0.05) is 5.56 Å². The molecule has 3 heteroatoms. The minimum absolute atomic E-state index is 0.414. The molecule has 2 aromatic rings. The van der Waals surface area contributed by atoms with E-state index in [9.17, 15) is 4.79 Å². The van der Waals surface area contributed by atoms with Gasteiger partial charge in [-0.1, -0.05) is 30.2 Å². The zero-order chi connectivity index (χ0) is 15.8. The molecule has 0 atom stereocenters. The quantitative estimate of drug-likeness (QED) is 0.630. The maximum Gasteiger partial charge on any atom is 0.339 e. The number of carbonyl (C=O) groups excluding carboxylic acids is 1. The van der Waals surface area contributed by atoms with E-state index in [0.29, 0.717) is 16.9 Å². The molecule has 0 saturated carbocycles. The Hall–Kier alpha value is -3.17. The third-order valence-electron chi connectivity index (χ3n) is 2.90. The molecule has 0 N–H and O–H groups in total. The third-order valence-corrected chi connectivity index (χ3v) is 2.90. The molecule has 0 saturated heterocycles. The monoisotopic (exact) mass is 290 g/mol. The largest absolute Gasteiger partial charge is 0.495 e. The average molecular weight is 290 g/mol. The molecule has 2 aromatic carbocycles. The van der Waals surface area contributed by atoms with Gasteiger partial charge in [0.1, 0.15) is 5.75 Å². The van der Waals surface area contributed by atoms with Gasteiger partial charge in [-0.2, -0.15) is 0 Å². The lowest BCUT2D eigenvalue weighted by atomic mass is 10.1. The van der Waals surface area contributed by atoms with Crippen LogP contribution in [-0.4, -0.2) is 20.2 Å². The molecule has 2 rings (SSSR count). The van der Waals surface area contributed by atoms with Crippen LogP contribution in [0.1, 0.15) is 21.5 Å². The van der Waals surface area contributed by atoms with E-state index >= 15 is 0 Å². The molecule has 0 unspecified atom stereocenters. The average Bonchev–Trinajstić information content (AvgIpc) is 2.58. The highest BCUT2D eigenvalue weighted by molar-refractivity contribution is 5.92. The van der Waals surface area contributed by atoms with Crippen molar-refractivity contribution in [3.63, 3.8) is 0 Å². The highest BCUT2D eigenvalue weighted by Gasteiger charge is 2.08. The van der Waals surface area contributed by atoms with E-state index in [1.54, 1.807) is 25.3 Å². The Labute approximate surface area is 129 Å². The number of benzene rings is 2. The Kier molecular flexibility index (Phi) is 5.24. The fraction of sp³-hybridized carbons (Fsp3) is 0.105. The fourth-order valence-electron chi connectivity index (χ4n) is 1.83. The molecule has 0 radical (unpaired) electrons. The smallest absolute Gasteiger partial charge is 0.339 e. The molecule has 0 aliphatic carbocycles. The topological polar surface area (TPSA) is 35.5 Å². The van der Waals surface area contributed by atoms with Gasteiger partial charge >= 0.3 is 5.97 Å². The summed E-state index contributed by atoms with van der Waals surface area (Å²) in [4.78, 5) is 11.6. The SMILES string of the molecule is COC(=O)c1ccccc1C#CC#Cc1ccccc1OC. The number of hydrogen-bond acceptors (Lipinski definition) is 3. The van der Waals surface area contributed by atoms with E-state index in [1.807, 2.05) is 30.3 Å². The highest BCUT2D eigenvalue weighted by atomic mass is 16.5. The van der Waals surface area contributed by atoms with Gasteiger partial charge in [-0.25, -0.2) is 4.79 Å². The van der Waals surface area contributed by atoms with Gasteiger partial charge < -0.3 is 9.47 Å². The summed E-state index contributed by atoms with van der Waals surface area (Å²) in [6.07, 6.45) is 0. The summed E-state index contributed by atoms with van der Waals surface area (Å²) < 4.78 is 9.94. The van der Waals surface area contributed by atoms with E-state index in [4.69, 9.17) is 9.47 Å². The van der Waals surface area contributed by atoms with Crippen molar-refractivity contribution in [1.82, 2.24) is 0 Å². The molecule has 0 aromatic heterocycles. The van der Waals surface area contributed by atoms with Crippen molar-refractivity contribution in [1.29, 1.82) is 0 Å². The van der Waals surface area contributed by atoms with Gasteiger partial charge in [-0.3, -0.25) is 0 Å². The summed E-state index contributed by atoms with van der Waals surface area (Å²) in [6, 6.07) is 14.4. The molecule has 0 aliphatic heterocycles. The summed E-state index contributed by atoms with van der Waals surface area (Å²) in [6.45, 7) is 0. The number of hydrogen-bond donors (Lipinski definition) is 0. The second-order valence-electron chi connectivity index (χ2n) is 4.24. The summed E-state index contributed by atoms with van der Waals surface area (Å²) in [7, 11) is 2.94. The first kappa shape index (κ1) is 15.2. The zero-order valence-corrected chi connectivity index (χ0v) is 12.3. The molecular formula is C19H14O3. The Morgan fingerprint density at radius 3 is 2.14 bits per heavy atom. The Morgan fingerprint density at radius 1 is 0.864 bits per heavy atom. The van der Waals surface area contributed by atoms with Crippen molar-refractivity contribution in [3.05, 3.63) is 65.2 Å². The third kappa shape index (κ3) is 3.69. The molecule has 22 heavy (non-hydrogen) atoms. The normalized spacial score (nSPS) is 8.82. The van der Waals surface area contributed by atoms with Crippen LogP contribution in [0.2, 0.25) is 0 Å². The van der Waals surface area contributed by atoms with Gasteiger partial charge in [0.25, 0.3) is 0 Å². The van der Waals surface area contributed by atoms with Crippen LogP contribution < -0.4 is 4.74 Å². The first-order valence-corrected chi connectivity index (χ1v) is 6.58. The molecule has 108 valence electrons. The lowest BCUT2D eigenvalue weighted by molar-refractivity contribution is 0.0600. The van der Waals surface area contributed by atoms with E-state index in [0.717, 1.165) is 5.56 Å². The number of esters is 1. The van der Waals surface area contributed by atoms with Crippen molar-refractivity contribution >= 4 is 5.97 Å². The molecule has 0 fully saturated rings. The van der Waals surface area contributed by atoms with Crippen molar-refractivity contribution in [2.45, 2.75) is 0 Å². The van der Waals surface area contributed by atoms with Gasteiger partial charge in [0.15, 0.2) is 0 Å². The van der Waals surface area contributed by atoms with Gasteiger partial charge in [-0.05, 0) is 42.0 Å².